The number of fused-ring (bicyclic) bond motifs is 1. The van der Waals surface area contributed by atoms with Crippen molar-refractivity contribution in [3.05, 3.63) is 30.1 Å². The molecular formula is C24H33N5O3S. The standard InChI is InChI=1S/C24H33N5O3S/c1-16(2)24(23(31)32-3)13-19(24)26-22-17-7-5-6-8-18(17)25-20(27-22)14-28-9-11-29(12-10-28)21(30)15-33-4/h5-8,16,19H,9-15H2,1-4H3,(H,25,26,27). The van der Waals surface area contributed by atoms with E-state index < -0.39 is 5.41 Å². The Balaban J connectivity index is 1.50. The number of para-hydroxylation sites is 1. The number of piperazine rings is 1. The van der Waals surface area contributed by atoms with Gasteiger partial charge in [0.05, 0.1) is 30.3 Å². The van der Waals surface area contributed by atoms with Crippen LogP contribution in [0, 0.1) is 11.3 Å². The van der Waals surface area contributed by atoms with Gasteiger partial charge < -0.3 is 15.0 Å². The molecule has 1 amide bonds. The van der Waals surface area contributed by atoms with Crippen LogP contribution >= 0.6 is 11.8 Å². The van der Waals surface area contributed by atoms with Crippen molar-refractivity contribution in [2.24, 2.45) is 11.3 Å². The van der Waals surface area contributed by atoms with Crippen LogP contribution in [0.2, 0.25) is 0 Å². The molecule has 1 N–H and O–H groups in total. The zero-order chi connectivity index (χ0) is 23.6. The summed E-state index contributed by atoms with van der Waals surface area (Å²) in [5, 5.41) is 4.48. The Bertz CT molecular complexity index is 1020. The predicted octanol–water partition coefficient (Wildman–Crippen LogP) is 2.64. The van der Waals surface area contributed by atoms with Crippen LogP contribution in [0.1, 0.15) is 26.1 Å². The van der Waals surface area contributed by atoms with E-state index in [1.807, 2.05) is 35.4 Å². The van der Waals surface area contributed by atoms with Gasteiger partial charge in [-0.2, -0.15) is 11.8 Å². The first-order chi connectivity index (χ1) is 15.9. The second kappa shape index (κ2) is 9.85. The summed E-state index contributed by atoms with van der Waals surface area (Å²) in [7, 11) is 1.45. The molecule has 33 heavy (non-hydrogen) atoms. The second-order valence-electron chi connectivity index (χ2n) is 9.18. The maximum atomic E-state index is 12.5. The maximum Gasteiger partial charge on any atom is 0.314 e. The SMILES string of the molecule is COC(=O)C1(C(C)C)CC1Nc1nc(CN2CCN(C(=O)CSC)CC2)nc2ccccc12. The molecule has 2 aromatic rings. The van der Waals surface area contributed by atoms with Gasteiger partial charge in [-0.15, -0.1) is 0 Å². The molecule has 2 aliphatic rings. The van der Waals surface area contributed by atoms with Crippen molar-refractivity contribution in [3.63, 3.8) is 0 Å². The van der Waals surface area contributed by atoms with Crippen LogP contribution in [0.4, 0.5) is 5.82 Å². The lowest BCUT2D eigenvalue weighted by Crippen LogP contribution is -2.49. The smallest absolute Gasteiger partial charge is 0.314 e. The first-order valence-electron chi connectivity index (χ1n) is 11.5. The summed E-state index contributed by atoms with van der Waals surface area (Å²) in [5.41, 5.74) is 0.369. The minimum Gasteiger partial charge on any atom is -0.469 e. The monoisotopic (exact) mass is 471 g/mol. The van der Waals surface area contributed by atoms with Crippen LogP contribution in [0.15, 0.2) is 24.3 Å². The molecule has 0 bridgehead atoms. The molecule has 9 heteroatoms. The highest BCUT2D eigenvalue weighted by Crippen LogP contribution is 2.54. The summed E-state index contributed by atoms with van der Waals surface area (Å²) in [6.07, 6.45) is 2.69. The highest BCUT2D eigenvalue weighted by atomic mass is 32.2. The first-order valence-corrected chi connectivity index (χ1v) is 12.9. The fourth-order valence-corrected chi connectivity index (χ4v) is 5.22. The van der Waals surface area contributed by atoms with Crippen molar-refractivity contribution in [1.29, 1.82) is 0 Å². The fourth-order valence-electron chi connectivity index (χ4n) is 4.79. The lowest BCUT2D eigenvalue weighted by atomic mass is 9.91. The quantitative estimate of drug-likeness (QED) is 0.588. The second-order valence-corrected chi connectivity index (χ2v) is 10.0. The van der Waals surface area contributed by atoms with E-state index in [4.69, 9.17) is 14.7 Å². The van der Waals surface area contributed by atoms with Gasteiger partial charge in [0.15, 0.2) is 0 Å². The van der Waals surface area contributed by atoms with Crippen LogP contribution < -0.4 is 5.32 Å². The van der Waals surface area contributed by atoms with E-state index in [2.05, 4.69) is 24.1 Å². The lowest BCUT2D eigenvalue weighted by molar-refractivity contribution is -0.149. The van der Waals surface area contributed by atoms with E-state index in [1.165, 1.54) is 7.11 Å². The van der Waals surface area contributed by atoms with E-state index >= 15 is 0 Å². The molecule has 1 saturated carbocycles. The van der Waals surface area contributed by atoms with Crippen molar-refractivity contribution in [2.45, 2.75) is 32.9 Å². The number of aromatic nitrogens is 2. The number of hydrogen-bond donors (Lipinski definition) is 1. The molecule has 0 radical (unpaired) electrons. The summed E-state index contributed by atoms with van der Waals surface area (Å²) in [5.74, 6) is 2.25. The number of thioether (sulfide) groups is 1. The summed E-state index contributed by atoms with van der Waals surface area (Å²) < 4.78 is 5.11. The number of nitrogens with zero attached hydrogens (tertiary/aromatic N) is 4. The summed E-state index contributed by atoms with van der Waals surface area (Å²) in [4.78, 5) is 38.6. The number of esters is 1. The third-order valence-electron chi connectivity index (χ3n) is 6.92. The fraction of sp³-hybridized carbons (Fsp3) is 0.583. The molecule has 2 fully saturated rings. The molecule has 1 aromatic carbocycles. The van der Waals surface area contributed by atoms with Gasteiger partial charge in [-0.1, -0.05) is 26.0 Å². The first kappa shape index (κ1) is 23.8. The highest BCUT2D eigenvalue weighted by molar-refractivity contribution is 7.99. The summed E-state index contributed by atoms with van der Waals surface area (Å²) in [6.45, 7) is 7.83. The number of rotatable bonds is 8. The van der Waals surface area contributed by atoms with Crippen molar-refractivity contribution in [3.8, 4) is 0 Å². The lowest BCUT2D eigenvalue weighted by Gasteiger charge is -2.34. The Morgan fingerprint density at radius 2 is 1.94 bits per heavy atom. The molecule has 1 aliphatic carbocycles. The van der Waals surface area contributed by atoms with E-state index in [9.17, 15) is 9.59 Å². The molecule has 0 spiro atoms. The average molecular weight is 472 g/mol. The molecule has 4 rings (SSSR count). The maximum absolute atomic E-state index is 12.5. The minimum absolute atomic E-state index is 0.0119. The van der Waals surface area contributed by atoms with Crippen molar-refractivity contribution in [2.75, 3.05) is 50.6 Å². The van der Waals surface area contributed by atoms with Crippen molar-refractivity contribution in [1.82, 2.24) is 19.8 Å². The molecule has 2 unspecified atom stereocenters. The number of nitrogens with one attached hydrogen (secondary N) is 1. The molecule has 1 saturated heterocycles. The van der Waals surface area contributed by atoms with Gasteiger partial charge in [-0.25, -0.2) is 9.97 Å². The number of methoxy groups -OCH3 is 1. The number of carbonyl (C=O) groups excluding carboxylic acids is 2. The topological polar surface area (TPSA) is 87.7 Å². The van der Waals surface area contributed by atoms with E-state index in [0.717, 1.165) is 55.1 Å². The van der Waals surface area contributed by atoms with E-state index in [0.29, 0.717) is 12.3 Å². The Labute approximate surface area is 199 Å². The van der Waals surface area contributed by atoms with Gasteiger partial charge in [-0.3, -0.25) is 14.5 Å². The van der Waals surface area contributed by atoms with Crippen molar-refractivity contribution < 1.29 is 14.3 Å². The molecule has 2 atom stereocenters. The Kier molecular flexibility index (Phi) is 7.09. The molecule has 8 nitrogen and oxygen atoms in total. The third-order valence-corrected chi connectivity index (χ3v) is 7.45. The largest absolute Gasteiger partial charge is 0.469 e. The van der Waals surface area contributed by atoms with Gasteiger partial charge in [0.25, 0.3) is 0 Å². The van der Waals surface area contributed by atoms with Gasteiger partial charge in [-0.05, 0) is 30.7 Å². The summed E-state index contributed by atoms with van der Waals surface area (Å²) >= 11 is 1.56. The normalized spacial score (nSPS) is 23.1. The zero-order valence-electron chi connectivity index (χ0n) is 19.8. The van der Waals surface area contributed by atoms with Gasteiger partial charge in [0, 0.05) is 37.6 Å². The number of benzene rings is 1. The molecule has 1 aromatic heterocycles. The number of anilines is 1. The Hall–Kier alpha value is -2.39. The predicted molar refractivity (Wildman–Crippen MR) is 131 cm³/mol. The Morgan fingerprint density at radius 1 is 1.21 bits per heavy atom. The van der Waals surface area contributed by atoms with Crippen LogP contribution in [-0.2, 0) is 20.9 Å². The molecule has 178 valence electrons. The van der Waals surface area contributed by atoms with Crippen LogP contribution in [0.25, 0.3) is 10.9 Å². The molecular weight excluding hydrogens is 438 g/mol. The number of carbonyl (C=O) groups is 2. The van der Waals surface area contributed by atoms with Gasteiger partial charge in [0.1, 0.15) is 11.6 Å². The van der Waals surface area contributed by atoms with Gasteiger partial charge >= 0.3 is 5.97 Å². The third kappa shape index (κ3) is 4.80. The van der Waals surface area contributed by atoms with Gasteiger partial charge in [0.2, 0.25) is 5.91 Å². The average Bonchev–Trinajstić information content (AvgIpc) is 3.54. The molecule has 1 aliphatic heterocycles. The van der Waals surface area contributed by atoms with E-state index in [-0.39, 0.29) is 23.8 Å². The highest BCUT2D eigenvalue weighted by Gasteiger charge is 2.63. The van der Waals surface area contributed by atoms with Crippen LogP contribution in [-0.4, -0.2) is 83.0 Å². The number of hydrogen-bond acceptors (Lipinski definition) is 8. The molecule has 2 heterocycles. The van der Waals surface area contributed by atoms with E-state index in [1.54, 1.807) is 11.8 Å². The minimum atomic E-state index is -0.513. The van der Waals surface area contributed by atoms with Crippen LogP contribution in [0.3, 0.4) is 0 Å². The number of amides is 1. The summed E-state index contributed by atoms with van der Waals surface area (Å²) in [6, 6.07) is 7.94. The number of ether oxygens (including phenoxy) is 1. The zero-order valence-corrected chi connectivity index (χ0v) is 20.7. The Morgan fingerprint density at radius 3 is 2.61 bits per heavy atom. The van der Waals surface area contributed by atoms with Crippen LogP contribution in [0.5, 0.6) is 0 Å². The van der Waals surface area contributed by atoms with Crippen molar-refractivity contribution >= 4 is 40.4 Å².